The van der Waals surface area contributed by atoms with E-state index in [0.717, 1.165) is 33.4 Å². The molecule has 0 fully saturated rings. The minimum absolute atomic E-state index is 0. The van der Waals surface area contributed by atoms with E-state index < -0.39 is 17.6 Å². The molecule has 2 aliphatic heterocycles. The van der Waals surface area contributed by atoms with Crippen molar-refractivity contribution in [1.29, 1.82) is 5.26 Å². The lowest BCUT2D eigenvalue weighted by Gasteiger charge is -2.33. The summed E-state index contributed by atoms with van der Waals surface area (Å²) in [6, 6.07) is 33.2. The summed E-state index contributed by atoms with van der Waals surface area (Å²) in [5.41, 5.74) is 4.62. The van der Waals surface area contributed by atoms with Crippen molar-refractivity contribution in [2.75, 3.05) is 13.7 Å². The number of hydrogen-bond acceptors (Lipinski definition) is 8. The number of esters is 1. The molecule has 1 amide bonds. The molecule has 0 bridgehead atoms. The van der Waals surface area contributed by atoms with Crippen molar-refractivity contribution < 1.29 is 28.5 Å². The van der Waals surface area contributed by atoms with Crippen molar-refractivity contribution in [3.05, 3.63) is 147 Å². The normalized spacial score (nSPS) is 16.7. The van der Waals surface area contributed by atoms with Crippen LogP contribution in [0.3, 0.4) is 0 Å². The van der Waals surface area contributed by atoms with E-state index in [-0.39, 0.29) is 24.4 Å². The molecule has 7 rings (SSSR count). The maximum atomic E-state index is 13.8. The van der Waals surface area contributed by atoms with Crippen LogP contribution in [0.15, 0.2) is 103 Å². The molecule has 5 aromatic rings. The van der Waals surface area contributed by atoms with Crippen LogP contribution in [0.25, 0.3) is 11.1 Å². The van der Waals surface area contributed by atoms with Crippen LogP contribution >= 0.6 is 35.6 Å². The standard InChI is InChI=1S/C42H35Cl2N3O6.ClH/c1-42(41(49)50-2,31-11-14-33(29(17-31)21-45)26-6-4-3-5-7-26)47-40(48)36-18-28-19-37-38(20-30(28)22-46-36)53-39(24-52-37)27-9-12-32(13-10-27)51-23-25-8-15-34(43)35(44)16-25;/h3-17,19-20,36,39,46H,18,22-24H2,1-2H3,(H,47,48);1H/t36?,39-,42?;/m1./s1. The van der Waals surface area contributed by atoms with E-state index in [1.54, 1.807) is 37.3 Å². The van der Waals surface area contributed by atoms with Gasteiger partial charge in [0.25, 0.3) is 0 Å². The number of methoxy groups -OCH3 is 1. The Labute approximate surface area is 329 Å². The molecule has 5 aromatic carbocycles. The Kier molecular flexibility index (Phi) is 11.7. The first-order valence-corrected chi connectivity index (χ1v) is 17.8. The third kappa shape index (κ3) is 7.98. The van der Waals surface area contributed by atoms with Gasteiger partial charge in [0.05, 0.1) is 34.8 Å². The van der Waals surface area contributed by atoms with Crippen LogP contribution in [0, 0.1) is 11.3 Å². The zero-order chi connectivity index (χ0) is 37.1. The molecule has 2 heterocycles. The Morgan fingerprint density at radius 2 is 1.70 bits per heavy atom. The maximum absolute atomic E-state index is 13.8. The Bertz CT molecular complexity index is 2230. The van der Waals surface area contributed by atoms with Crippen molar-refractivity contribution in [3.63, 3.8) is 0 Å². The minimum atomic E-state index is -1.55. The van der Waals surface area contributed by atoms with Gasteiger partial charge in [-0.1, -0.05) is 83.9 Å². The molecule has 2 N–H and O–H groups in total. The molecule has 0 saturated heterocycles. The smallest absolute Gasteiger partial charge is 0.336 e. The summed E-state index contributed by atoms with van der Waals surface area (Å²) < 4.78 is 23.6. The molecule has 0 saturated carbocycles. The van der Waals surface area contributed by atoms with E-state index >= 15 is 0 Å². The summed E-state index contributed by atoms with van der Waals surface area (Å²) in [6.07, 6.45) is 0.0394. The SMILES string of the molecule is COC(=O)C(C)(NC(=O)C1Cc2cc3c(cc2CN1)O[C@@H](c1ccc(OCc2ccc(Cl)c(Cl)c2)cc1)CO3)c1ccc(-c2ccccc2)c(C#N)c1.Cl. The number of halogens is 3. The van der Waals surface area contributed by atoms with Crippen LogP contribution in [-0.4, -0.2) is 31.6 Å². The van der Waals surface area contributed by atoms with Gasteiger partial charge in [-0.2, -0.15) is 5.26 Å². The number of nitrogens with zero attached hydrogens (tertiary/aromatic N) is 1. The number of hydrogen-bond donors (Lipinski definition) is 2. The molecular weight excluding hydrogens is 749 g/mol. The van der Waals surface area contributed by atoms with Gasteiger partial charge in [-0.3, -0.25) is 4.79 Å². The quantitative estimate of drug-likeness (QED) is 0.144. The molecule has 3 atom stereocenters. The molecule has 9 nitrogen and oxygen atoms in total. The van der Waals surface area contributed by atoms with Crippen LogP contribution in [0.4, 0.5) is 0 Å². The number of carbonyl (C=O) groups is 2. The highest BCUT2D eigenvalue weighted by Gasteiger charge is 2.41. The fourth-order valence-electron chi connectivity index (χ4n) is 6.60. The minimum Gasteiger partial charge on any atom is -0.489 e. The highest BCUT2D eigenvalue weighted by molar-refractivity contribution is 6.42. The van der Waals surface area contributed by atoms with Gasteiger partial charge in [0.2, 0.25) is 5.91 Å². The Morgan fingerprint density at radius 1 is 0.944 bits per heavy atom. The lowest BCUT2D eigenvalue weighted by atomic mass is 9.87. The highest BCUT2D eigenvalue weighted by Crippen LogP contribution is 2.40. The molecule has 2 unspecified atom stereocenters. The zero-order valence-electron chi connectivity index (χ0n) is 29.4. The average Bonchev–Trinajstić information content (AvgIpc) is 3.19. The second-order valence-corrected chi connectivity index (χ2v) is 13.9. The van der Waals surface area contributed by atoms with Crippen LogP contribution in [-0.2, 0) is 39.4 Å². The second kappa shape index (κ2) is 16.4. The number of carbonyl (C=O) groups excluding carboxylic acids is 2. The third-order valence-electron chi connectivity index (χ3n) is 9.62. The molecule has 54 heavy (non-hydrogen) atoms. The monoisotopic (exact) mass is 783 g/mol. The van der Waals surface area contributed by atoms with Gasteiger partial charge in [-0.25, -0.2) is 4.79 Å². The molecule has 0 spiro atoms. The van der Waals surface area contributed by atoms with Gasteiger partial charge in [-0.15, -0.1) is 12.4 Å². The number of nitrogens with one attached hydrogen (secondary N) is 2. The van der Waals surface area contributed by atoms with Gasteiger partial charge in [0.1, 0.15) is 19.0 Å². The summed E-state index contributed by atoms with van der Waals surface area (Å²) in [6.45, 7) is 2.65. The van der Waals surface area contributed by atoms with E-state index in [0.29, 0.717) is 64.6 Å². The van der Waals surface area contributed by atoms with Gasteiger partial charge in [-0.05, 0) is 94.8 Å². The van der Waals surface area contributed by atoms with Gasteiger partial charge >= 0.3 is 5.97 Å². The topological polar surface area (TPSA) is 119 Å². The Hall–Kier alpha value is -5.24. The predicted octanol–water partition coefficient (Wildman–Crippen LogP) is 8.26. The Balaban J connectivity index is 0.00000497. The number of fused-ring (bicyclic) bond motifs is 2. The predicted molar refractivity (Wildman–Crippen MR) is 208 cm³/mol. The number of rotatable bonds is 9. The molecule has 0 radical (unpaired) electrons. The van der Waals surface area contributed by atoms with Crippen LogP contribution in [0.2, 0.25) is 10.0 Å². The van der Waals surface area contributed by atoms with E-state index in [1.807, 2.05) is 72.8 Å². The van der Waals surface area contributed by atoms with E-state index in [1.165, 1.54) is 7.11 Å². The first kappa shape index (κ1) is 38.5. The summed E-state index contributed by atoms with van der Waals surface area (Å²) in [5.74, 6) is 0.891. The number of ether oxygens (including phenoxy) is 4. The number of nitriles is 1. The maximum Gasteiger partial charge on any atom is 0.336 e. The van der Waals surface area contributed by atoms with Crippen molar-refractivity contribution in [3.8, 4) is 34.4 Å². The van der Waals surface area contributed by atoms with Crippen molar-refractivity contribution in [2.45, 2.75) is 44.2 Å². The van der Waals surface area contributed by atoms with E-state index in [2.05, 4.69) is 16.7 Å². The fourth-order valence-corrected chi connectivity index (χ4v) is 6.92. The van der Waals surface area contributed by atoms with E-state index in [4.69, 9.17) is 42.1 Å². The fraction of sp³-hybridized carbons (Fsp3) is 0.214. The molecule has 0 aliphatic carbocycles. The molecule has 276 valence electrons. The summed E-state index contributed by atoms with van der Waals surface area (Å²) in [7, 11) is 1.27. The molecular formula is C42H36Cl3N3O6. The third-order valence-corrected chi connectivity index (χ3v) is 10.4. The van der Waals surface area contributed by atoms with Crippen molar-refractivity contribution in [2.24, 2.45) is 0 Å². The molecule has 12 heteroatoms. The van der Waals surface area contributed by atoms with Crippen LogP contribution in [0.5, 0.6) is 17.2 Å². The molecule has 0 aromatic heterocycles. The van der Waals surface area contributed by atoms with Crippen molar-refractivity contribution >= 4 is 47.5 Å². The largest absolute Gasteiger partial charge is 0.489 e. The Morgan fingerprint density at radius 3 is 2.43 bits per heavy atom. The first-order valence-electron chi connectivity index (χ1n) is 17.0. The first-order chi connectivity index (χ1) is 25.6. The van der Waals surface area contributed by atoms with Crippen LogP contribution in [0.1, 0.15) is 46.4 Å². The average molecular weight is 785 g/mol. The highest BCUT2D eigenvalue weighted by atomic mass is 35.5. The number of amides is 1. The zero-order valence-corrected chi connectivity index (χ0v) is 31.7. The lowest BCUT2D eigenvalue weighted by Crippen LogP contribution is -2.57. The summed E-state index contributed by atoms with van der Waals surface area (Å²) >= 11 is 12.1. The second-order valence-electron chi connectivity index (χ2n) is 13.1. The lowest BCUT2D eigenvalue weighted by molar-refractivity contribution is -0.151. The summed E-state index contributed by atoms with van der Waals surface area (Å²) in [5, 5.41) is 17.2. The van der Waals surface area contributed by atoms with E-state index in [9.17, 15) is 14.9 Å². The van der Waals surface area contributed by atoms with Crippen LogP contribution < -0.4 is 24.8 Å². The van der Waals surface area contributed by atoms with Gasteiger partial charge in [0, 0.05) is 6.54 Å². The number of benzene rings is 5. The summed E-state index contributed by atoms with van der Waals surface area (Å²) in [4.78, 5) is 27.0. The molecule has 2 aliphatic rings. The van der Waals surface area contributed by atoms with Gasteiger partial charge in [0.15, 0.2) is 23.1 Å². The van der Waals surface area contributed by atoms with Gasteiger partial charge < -0.3 is 29.6 Å². The van der Waals surface area contributed by atoms with Crippen molar-refractivity contribution in [1.82, 2.24) is 10.6 Å².